The highest BCUT2D eigenvalue weighted by Crippen LogP contribution is 2.39. The van der Waals surface area contributed by atoms with Crippen LogP contribution in [0.3, 0.4) is 0 Å². The second-order valence-electron chi connectivity index (χ2n) is 4.39. The van der Waals surface area contributed by atoms with Gasteiger partial charge >= 0.3 is 0 Å². The minimum Gasteiger partial charge on any atom is -0.330 e. The molecule has 1 fully saturated rings. The number of benzene rings is 1. The molecule has 1 aliphatic rings. The summed E-state index contributed by atoms with van der Waals surface area (Å²) in [6.07, 6.45) is 4.14. The third-order valence-corrected chi connectivity index (χ3v) is 3.43. The fraction of sp³-hybridized carbons (Fsp3) is 0.538. The average molecular weight is 189 g/mol. The summed E-state index contributed by atoms with van der Waals surface area (Å²) in [5.74, 6) is 1.33. The normalized spacial score (nSPS) is 19.0. The van der Waals surface area contributed by atoms with Crippen LogP contribution in [0.15, 0.2) is 24.3 Å². The van der Waals surface area contributed by atoms with Crippen LogP contribution < -0.4 is 5.73 Å². The molecule has 0 heterocycles. The van der Waals surface area contributed by atoms with Gasteiger partial charge in [-0.15, -0.1) is 0 Å². The molecule has 0 spiro atoms. The summed E-state index contributed by atoms with van der Waals surface area (Å²) in [4.78, 5) is 0. The minimum absolute atomic E-state index is 0.506. The highest BCUT2D eigenvalue weighted by atomic mass is 14.5. The molecular weight excluding hydrogens is 170 g/mol. The maximum absolute atomic E-state index is 5.73. The Bertz CT molecular complexity index is 278. The van der Waals surface area contributed by atoms with E-state index in [1.165, 1.54) is 24.8 Å². The summed E-state index contributed by atoms with van der Waals surface area (Å²) >= 11 is 0. The van der Waals surface area contributed by atoms with Gasteiger partial charge in [0.25, 0.3) is 0 Å². The van der Waals surface area contributed by atoms with Gasteiger partial charge in [-0.3, -0.25) is 0 Å². The zero-order valence-electron chi connectivity index (χ0n) is 8.87. The lowest BCUT2D eigenvalue weighted by atomic mass is 9.76. The fourth-order valence-corrected chi connectivity index (χ4v) is 2.18. The zero-order chi connectivity index (χ0) is 9.97. The van der Waals surface area contributed by atoms with Gasteiger partial charge in [-0.1, -0.05) is 37.6 Å². The maximum atomic E-state index is 5.73. The molecule has 2 rings (SSSR count). The van der Waals surface area contributed by atoms with Crippen molar-refractivity contribution in [1.29, 1.82) is 0 Å². The van der Waals surface area contributed by atoms with Gasteiger partial charge in [-0.2, -0.15) is 0 Å². The van der Waals surface area contributed by atoms with Crippen LogP contribution in [0.5, 0.6) is 0 Å². The molecule has 0 aliphatic heterocycles. The molecule has 1 saturated carbocycles. The van der Waals surface area contributed by atoms with Crippen LogP contribution >= 0.6 is 0 Å². The summed E-state index contributed by atoms with van der Waals surface area (Å²) < 4.78 is 0. The molecule has 0 bridgehead atoms. The Labute approximate surface area is 86.3 Å². The summed E-state index contributed by atoms with van der Waals surface area (Å²) in [7, 11) is 0. The van der Waals surface area contributed by atoms with Crippen molar-refractivity contribution >= 4 is 0 Å². The number of nitrogens with two attached hydrogens (primary N) is 1. The first-order valence-electron chi connectivity index (χ1n) is 5.62. The van der Waals surface area contributed by atoms with Crippen molar-refractivity contribution < 1.29 is 0 Å². The largest absolute Gasteiger partial charge is 0.330 e. The van der Waals surface area contributed by atoms with Crippen LogP contribution in [0.25, 0.3) is 0 Å². The Kier molecular flexibility index (Phi) is 2.87. The second-order valence-corrected chi connectivity index (χ2v) is 4.39. The molecule has 0 aromatic heterocycles. The van der Waals surface area contributed by atoms with E-state index in [4.69, 9.17) is 5.73 Å². The van der Waals surface area contributed by atoms with E-state index in [9.17, 15) is 0 Å². The maximum Gasteiger partial charge on any atom is -0.00108 e. The Morgan fingerprint density at radius 1 is 1.36 bits per heavy atom. The molecule has 2 N–H and O–H groups in total. The first-order valence-corrected chi connectivity index (χ1v) is 5.62. The Morgan fingerprint density at radius 3 is 2.64 bits per heavy atom. The van der Waals surface area contributed by atoms with Crippen molar-refractivity contribution in [2.24, 2.45) is 5.73 Å². The lowest BCUT2D eigenvalue weighted by Gasteiger charge is -2.29. The van der Waals surface area contributed by atoms with Crippen LogP contribution in [-0.4, -0.2) is 6.54 Å². The summed E-state index contributed by atoms with van der Waals surface area (Å²) in [5.41, 5.74) is 8.76. The molecule has 1 heteroatoms. The molecule has 1 nitrogen and oxygen atoms in total. The van der Waals surface area contributed by atoms with E-state index in [2.05, 4.69) is 31.2 Å². The second kappa shape index (κ2) is 4.14. The van der Waals surface area contributed by atoms with Gasteiger partial charge in [0, 0.05) is 0 Å². The number of hydrogen-bond donors (Lipinski definition) is 1. The minimum atomic E-state index is 0.506. The molecule has 1 aromatic carbocycles. The van der Waals surface area contributed by atoms with Crippen LogP contribution in [0.2, 0.25) is 0 Å². The third kappa shape index (κ3) is 1.69. The smallest absolute Gasteiger partial charge is 0.00108 e. The van der Waals surface area contributed by atoms with Gasteiger partial charge in [0.1, 0.15) is 0 Å². The van der Waals surface area contributed by atoms with Gasteiger partial charge in [-0.25, -0.2) is 0 Å². The van der Waals surface area contributed by atoms with Crippen LogP contribution in [0, 0.1) is 0 Å². The van der Waals surface area contributed by atoms with E-state index in [0.29, 0.717) is 5.92 Å². The molecular formula is C13H19N. The van der Waals surface area contributed by atoms with Crippen LogP contribution in [0.1, 0.15) is 49.1 Å². The molecule has 1 unspecified atom stereocenters. The van der Waals surface area contributed by atoms with E-state index in [1.54, 1.807) is 5.56 Å². The lowest BCUT2D eigenvalue weighted by molar-refractivity contribution is 0.415. The van der Waals surface area contributed by atoms with Crippen LogP contribution in [0.4, 0.5) is 0 Å². The van der Waals surface area contributed by atoms with Crippen molar-refractivity contribution in [3.05, 3.63) is 35.4 Å². The van der Waals surface area contributed by atoms with Crippen molar-refractivity contribution in [3.63, 3.8) is 0 Å². The van der Waals surface area contributed by atoms with Crippen molar-refractivity contribution in [3.8, 4) is 0 Å². The van der Waals surface area contributed by atoms with E-state index >= 15 is 0 Å². The molecule has 1 atom stereocenters. The first kappa shape index (κ1) is 9.72. The number of hydrogen-bond acceptors (Lipinski definition) is 1. The molecule has 1 aliphatic carbocycles. The zero-order valence-corrected chi connectivity index (χ0v) is 8.87. The highest BCUT2D eigenvalue weighted by molar-refractivity contribution is 5.34. The first-order chi connectivity index (χ1) is 6.83. The van der Waals surface area contributed by atoms with Gasteiger partial charge < -0.3 is 5.73 Å². The topological polar surface area (TPSA) is 26.0 Å². The van der Waals surface area contributed by atoms with Gasteiger partial charge in [0.2, 0.25) is 0 Å². The summed E-state index contributed by atoms with van der Waals surface area (Å²) in [6.45, 7) is 2.97. The molecule has 0 radical (unpaired) electrons. The van der Waals surface area contributed by atoms with Gasteiger partial charge in [-0.05, 0) is 42.3 Å². The van der Waals surface area contributed by atoms with Gasteiger partial charge in [0.15, 0.2) is 0 Å². The highest BCUT2D eigenvalue weighted by Gasteiger charge is 2.22. The van der Waals surface area contributed by atoms with Crippen molar-refractivity contribution in [2.75, 3.05) is 6.54 Å². The standard InChI is InChI=1S/C13H19N/c1-10(9-14)12-7-2-3-8-13(12)11-5-4-6-11/h2-3,7-8,10-11H,4-6,9,14H2,1H3. The Morgan fingerprint density at radius 2 is 2.07 bits per heavy atom. The SMILES string of the molecule is CC(CN)c1ccccc1C1CCC1. The quantitative estimate of drug-likeness (QED) is 0.777. The summed E-state index contributed by atoms with van der Waals surface area (Å²) in [6, 6.07) is 8.81. The van der Waals surface area contributed by atoms with E-state index in [1.807, 2.05) is 0 Å². The number of rotatable bonds is 3. The predicted molar refractivity (Wildman–Crippen MR) is 60.5 cm³/mol. The van der Waals surface area contributed by atoms with Crippen molar-refractivity contribution in [1.82, 2.24) is 0 Å². The summed E-state index contributed by atoms with van der Waals surface area (Å²) in [5, 5.41) is 0. The predicted octanol–water partition coefficient (Wildman–Crippen LogP) is 3.02. The average Bonchev–Trinajstić information content (AvgIpc) is 2.15. The molecule has 14 heavy (non-hydrogen) atoms. The molecule has 0 amide bonds. The van der Waals surface area contributed by atoms with Crippen LogP contribution in [-0.2, 0) is 0 Å². The monoisotopic (exact) mass is 189 g/mol. The molecule has 76 valence electrons. The Balaban J connectivity index is 2.27. The lowest BCUT2D eigenvalue weighted by Crippen LogP contribution is -2.16. The van der Waals surface area contributed by atoms with Crippen molar-refractivity contribution in [2.45, 2.75) is 38.0 Å². The molecule has 1 aromatic rings. The van der Waals surface area contributed by atoms with E-state index in [-0.39, 0.29) is 0 Å². The van der Waals surface area contributed by atoms with Gasteiger partial charge in [0.05, 0.1) is 0 Å². The Hall–Kier alpha value is -0.820. The van der Waals surface area contributed by atoms with E-state index in [0.717, 1.165) is 12.5 Å². The van der Waals surface area contributed by atoms with E-state index < -0.39 is 0 Å². The molecule has 0 saturated heterocycles. The fourth-order valence-electron chi connectivity index (χ4n) is 2.18. The third-order valence-electron chi connectivity index (χ3n) is 3.43.